The Morgan fingerprint density at radius 2 is 1.68 bits per heavy atom. The fourth-order valence-electron chi connectivity index (χ4n) is 2.07. The molecule has 0 saturated carbocycles. The second kappa shape index (κ2) is 5.04. The molecule has 0 unspecified atom stereocenters. The van der Waals surface area contributed by atoms with Gasteiger partial charge in [-0.05, 0) is 41.2 Å². The van der Waals surface area contributed by atoms with Gasteiger partial charge in [0.1, 0.15) is 5.82 Å². The third-order valence-electron chi connectivity index (χ3n) is 3.85. The topological polar surface area (TPSA) is 26.0 Å². The summed E-state index contributed by atoms with van der Waals surface area (Å²) in [6, 6.07) is 12.9. The number of anilines is 1. The highest BCUT2D eigenvalue weighted by molar-refractivity contribution is 5.66. The molecule has 19 heavy (non-hydrogen) atoms. The van der Waals surface area contributed by atoms with Crippen molar-refractivity contribution in [1.82, 2.24) is 0 Å². The van der Waals surface area contributed by atoms with Gasteiger partial charge in [-0.25, -0.2) is 4.39 Å². The molecule has 0 aliphatic carbocycles. The molecule has 2 N–H and O–H groups in total. The van der Waals surface area contributed by atoms with Crippen LogP contribution in [0, 0.1) is 5.82 Å². The van der Waals surface area contributed by atoms with Gasteiger partial charge in [0.25, 0.3) is 0 Å². The first kappa shape index (κ1) is 13.6. The van der Waals surface area contributed by atoms with Crippen molar-refractivity contribution >= 4 is 5.69 Å². The molecule has 0 amide bonds. The van der Waals surface area contributed by atoms with E-state index in [1.165, 1.54) is 11.6 Å². The zero-order valence-corrected chi connectivity index (χ0v) is 11.7. The number of nitrogens with two attached hydrogens (primary N) is 1. The maximum absolute atomic E-state index is 13.9. The molecule has 0 bridgehead atoms. The van der Waals surface area contributed by atoms with Crippen LogP contribution < -0.4 is 5.73 Å². The first-order valence-corrected chi connectivity index (χ1v) is 6.60. The summed E-state index contributed by atoms with van der Waals surface area (Å²) in [6.07, 6.45) is 1.07. The quantitative estimate of drug-likeness (QED) is 0.788. The predicted molar refractivity (Wildman–Crippen MR) is 79.6 cm³/mol. The van der Waals surface area contributed by atoms with Gasteiger partial charge in [0.05, 0.1) is 0 Å². The summed E-state index contributed by atoms with van der Waals surface area (Å²) in [7, 11) is 0. The van der Waals surface area contributed by atoms with E-state index in [-0.39, 0.29) is 11.2 Å². The normalized spacial score (nSPS) is 11.6. The van der Waals surface area contributed by atoms with E-state index in [1.807, 2.05) is 12.1 Å². The van der Waals surface area contributed by atoms with Gasteiger partial charge in [0.15, 0.2) is 0 Å². The van der Waals surface area contributed by atoms with Crippen molar-refractivity contribution in [3.8, 4) is 11.1 Å². The number of hydrogen-bond donors (Lipinski definition) is 1. The smallest absolute Gasteiger partial charge is 0.133 e. The minimum Gasteiger partial charge on any atom is -0.399 e. The third kappa shape index (κ3) is 2.78. The lowest BCUT2D eigenvalue weighted by molar-refractivity contribution is 0.506. The number of rotatable bonds is 3. The minimum absolute atomic E-state index is 0.151. The SMILES string of the molecule is CCC(C)(C)c1ccc(-c2ccc(N)cc2F)cc1. The van der Waals surface area contributed by atoms with Gasteiger partial charge >= 0.3 is 0 Å². The summed E-state index contributed by atoms with van der Waals surface area (Å²) >= 11 is 0. The molecule has 0 spiro atoms. The third-order valence-corrected chi connectivity index (χ3v) is 3.85. The first-order valence-electron chi connectivity index (χ1n) is 6.60. The van der Waals surface area contributed by atoms with Crippen LogP contribution in [-0.2, 0) is 5.41 Å². The molecule has 2 aromatic rings. The molecule has 100 valence electrons. The molecule has 0 aliphatic heterocycles. The highest BCUT2D eigenvalue weighted by Crippen LogP contribution is 2.30. The highest BCUT2D eigenvalue weighted by atomic mass is 19.1. The van der Waals surface area contributed by atoms with Gasteiger partial charge in [0.2, 0.25) is 0 Å². The van der Waals surface area contributed by atoms with Crippen LogP contribution in [-0.4, -0.2) is 0 Å². The molecule has 0 fully saturated rings. The maximum atomic E-state index is 13.9. The van der Waals surface area contributed by atoms with Crippen LogP contribution in [0.1, 0.15) is 32.8 Å². The lowest BCUT2D eigenvalue weighted by Crippen LogP contribution is -2.14. The standard InChI is InChI=1S/C17H20FN/c1-4-17(2,3)13-7-5-12(6-8-13)15-10-9-14(19)11-16(15)18/h5-11H,4,19H2,1-3H3. The van der Waals surface area contributed by atoms with Crippen molar-refractivity contribution in [3.05, 3.63) is 53.8 Å². The van der Waals surface area contributed by atoms with Crippen LogP contribution in [0.15, 0.2) is 42.5 Å². The zero-order valence-electron chi connectivity index (χ0n) is 11.7. The highest BCUT2D eigenvalue weighted by Gasteiger charge is 2.17. The Balaban J connectivity index is 2.38. The maximum Gasteiger partial charge on any atom is 0.133 e. The average molecular weight is 257 g/mol. The molecule has 0 saturated heterocycles. The Kier molecular flexibility index (Phi) is 3.61. The van der Waals surface area contributed by atoms with E-state index in [2.05, 4.69) is 32.9 Å². The molecule has 0 aromatic heterocycles. The molecule has 2 heteroatoms. The van der Waals surface area contributed by atoms with Crippen LogP contribution in [0.5, 0.6) is 0 Å². The van der Waals surface area contributed by atoms with Crippen LogP contribution >= 0.6 is 0 Å². The number of benzene rings is 2. The van der Waals surface area contributed by atoms with E-state index in [9.17, 15) is 4.39 Å². The summed E-state index contributed by atoms with van der Waals surface area (Å²) < 4.78 is 13.9. The van der Waals surface area contributed by atoms with E-state index in [1.54, 1.807) is 12.1 Å². The van der Waals surface area contributed by atoms with Crippen LogP contribution in [0.3, 0.4) is 0 Å². The average Bonchev–Trinajstić information content (AvgIpc) is 2.39. The van der Waals surface area contributed by atoms with E-state index in [0.717, 1.165) is 12.0 Å². The minimum atomic E-state index is -0.275. The zero-order chi connectivity index (χ0) is 14.0. The van der Waals surface area contributed by atoms with E-state index in [4.69, 9.17) is 5.73 Å². The van der Waals surface area contributed by atoms with E-state index in [0.29, 0.717) is 11.3 Å². The summed E-state index contributed by atoms with van der Waals surface area (Å²) in [5.41, 5.74) is 8.91. The Morgan fingerprint density at radius 3 is 2.21 bits per heavy atom. The Hall–Kier alpha value is -1.83. The molecule has 0 aliphatic rings. The molecule has 1 nitrogen and oxygen atoms in total. The molecule has 2 rings (SSSR count). The van der Waals surface area contributed by atoms with Gasteiger partial charge in [-0.3, -0.25) is 0 Å². The number of nitrogen functional groups attached to an aromatic ring is 1. The van der Waals surface area contributed by atoms with Gasteiger partial charge in [-0.15, -0.1) is 0 Å². The molecular weight excluding hydrogens is 237 g/mol. The van der Waals surface area contributed by atoms with Crippen LogP contribution in [0.2, 0.25) is 0 Å². The lowest BCUT2D eigenvalue weighted by Gasteiger charge is -2.23. The number of hydrogen-bond acceptors (Lipinski definition) is 1. The molecular formula is C17H20FN. The van der Waals surface area contributed by atoms with Crippen LogP contribution in [0.25, 0.3) is 11.1 Å². The molecule has 0 heterocycles. The van der Waals surface area contributed by atoms with Crippen molar-refractivity contribution in [2.45, 2.75) is 32.6 Å². The monoisotopic (exact) mass is 257 g/mol. The van der Waals surface area contributed by atoms with Crippen molar-refractivity contribution in [1.29, 1.82) is 0 Å². The van der Waals surface area contributed by atoms with Crippen molar-refractivity contribution in [2.24, 2.45) is 0 Å². The predicted octanol–water partition coefficient (Wildman–Crippen LogP) is 4.76. The molecule has 0 radical (unpaired) electrons. The van der Waals surface area contributed by atoms with Crippen molar-refractivity contribution in [3.63, 3.8) is 0 Å². The summed E-state index contributed by atoms with van der Waals surface area (Å²) in [4.78, 5) is 0. The van der Waals surface area contributed by atoms with Crippen molar-refractivity contribution < 1.29 is 4.39 Å². The second-order valence-electron chi connectivity index (χ2n) is 5.55. The van der Waals surface area contributed by atoms with Gasteiger partial charge in [-0.1, -0.05) is 45.0 Å². The molecule has 0 atom stereocenters. The largest absolute Gasteiger partial charge is 0.399 e. The first-order chi connectivity index (χ1) is 8.94. The molecule has 2 aromatic carbocycles. The van der Waals surface area contributed by atoms with E-state index < -0.39 is 0 Å². The Bertz CT molecular complexity index is 570. The van der Waals surface area contributed by atoms with Gasteiger partial charge < -0.3 is 5.73 Å². The Labute approximate surface area is 114 Å². The fourth-order valence-corrected chi connectivity index (χ4v) is 2.07. The summed E-state index contributed by atoms with van der Waals surface area (Å²) in [6.45, 7) is 6.60. The van der Waals surface area contributed by atoms with Gasteiger partial charge in [0, 0.05) is 11.3 Å². The van der Waals surface area contributed by atoms with Crippen LogP contribution in [0.4, 0.5) is 10.1 Å². The summed E-state index contributed by atoms with van der Waals surface area (Å²) in [5.74, 6) is -0.275. The Morgan fingerprint density at radius 1 is 1.05 bits per heavy atom. The second-order valence-corrected chi connectivity index (χ2v) is 5.55. The fraction of sp³-hybridized carbons (Fsp3) is 0.294. The van der Waals surface area contributed by atoms with E-state index >= 15 is 0 Å². The number of halogens is 1. The lowest BCUT2D eigenvalue weighted by atomic mass is 9.82. The van der Waals surface area contributed by atoms with Gasteiger partial charge in [-0.2, -0.15) is 0 Å². The summed E-state index contributed by atoms with van der Waals surface area (Å²) in [5, 5.41) is 0. The van der Waals surface area contributed by atoms with Crippen molar-refractivity contribution in [2.75, 3.05) is 5.73 Å².